The molecule has 1 unspecified atom stereocenters. The Morgan fingerprint density at radius 1 is 1.11 bits per heavy atom. The lowest BCUT2D eigenvalue weighted by atomic mass is 9.57. The van der Waals surface area contributed by atoms with Gasteiger partial charge in [-0.15, -0.1) is 11.6 Å². The van der Waals surface area contributed by atoms with Gasteiger partial charge in [0.15, 0.2) is 0 Å². The Kier molecular flexibility index (Phi) is 7.47. The number of alkyl halides is 4. The van der Waals surface area contributed by atoms with Gasteiger partial charge in [-0.3, -0.25) is 5.32 Å². The molecule has 1 fully saturated rings. The minimum absolute atomic E-state index is 0.339. The number of aliphatic hydroxyl groups excluding tert-OH is 1. The Bertz CT molecular complexity index is 1290. The fraction of sp³-hybridized carbons (Fsp3) is 0.481. The van der Waals surface area contributed by atoms with Crippen LogP contribution in [0.2, 0.25) is 0 Å². The first kappa shape index (κ1) is 27.6. The SMILES string of the molecule is Cc1nc(N[C@H](C)c2cccc(C(F)(F)F)c2)c2cc(C3(O)CC(CCl)(CNC(C)O)C3)cc(C)c2n1. The molecule has 0 spiro atoms. The van der Waals surface area contributed by atoms with Crippen LogP contribution in [0.5, 0.6) is 0 Å². The number of rotatable bonds is 8. The van der Waals surface area contributed by atoms with Crippen LogP contribution >= 0.6 is 11.6 Å². The van der Waals surface area contributed by atoms with Crippen LogP contribution in [0.4, 0.5) is 19.0 Å². The van der Waals surface area contributed by atoms with E-state index in [1.54, 1.807) is 26.8 Å². The van der Waals surface area contributed by atoms with E-state index in [-0.39, 0.29) is 5.41 Å². The van der Waals surface area contributed by atoms with Gasteiger partial charge in [0.25, 0.3) is 0 Å². The minimum atomic E-state index is -4.43. The van der Waals surface area contributed by atoms with Crippen molar-refractivity contribution in [2.24, 2.45) is 5.41 Å². The maximum atomic E-state index is 13.2. The molecule has 0 bridgehead atoms. The van der Waals surface area contributed by atoms with Gasteiger partial charge < -0.3 is 15.5 Å². The summed E-state index contributed by atoms with van der Waals surface area (Å²) in [7, 11) is 0. The standard InChI is InChI=1S/C27H32ClF3N4O2/c1-15-8-21(26(37)11-25(12-26,13-28)14-32-18(4)36)10-22-23(15)34-17(3)35-24(22)33-16(2)19-6-5-7-20(9-19)27(29,30)31/h5-10,16,18,32,36-37H,11-14H2,1-4H3,(H,33,34,35)/t16-,18?,25?,26?/m1/s1. The van der Waals surface area contributed by atoms with Gasteiger partial charge in [-0.1, -0.05) is 18.2 Å². The highest BCUT2D eigenvalue weighted by molar-refractivity contribution is 6.18. The van der Waals surface area contributed by atoms with Gasteiger partial charge in [0.1, 0.15) is 17.9 Å². The largest absolute Gasteiger partial charge is 0.416 e. The van der Waals surface area contributed by atoms with E-state index in [2.05, 4.69) is 20.6 Å². The van der Waals surface area contributed by atoms with E-state index >= 15 is 0 Å². The molecule has 2 aromatic carbocycles. The van der Waals surface area contributed by atoms with Crippen molar-refractivity contribution in [2.75, 3.05) is 17.7 Å². The van der Waals surface area contributed by atoms with E-state index in [1.165, 1.54) is 6.07 Å². The normalized spacial score (nSPS) is 23.5. The molecule has 2 atom stereocenters. The highest BCUT2D eigenvalue weighted by atomic mass is 35.5. The van der Waals surface area contributed by atoms with E-state index < -0.39 is 29.6 Å². The summed E-state index contributed by atoms with van der Waals surface area (Å²) in [6, 6.07) is 8.51. The molecule has 1 saturated carbocycles. The molecule has 4 N–H and O–H groups in total. The number of hydrogen-bond donors (Lipinski definition) is 4. The number of aromatic nitrogens is 2. The number of anilines is 1. The van der Waals surface area contributed by atoms with Crippen molar-refractivity contribution in [1.29, 1.82) is 0 Å². The fourth-order valence-electron chi connectivity index (χ4n) is 5.19. The summed E-state index contributed by atoms with van der Waals surface area (Å²) < 4.78 is 39.7. The van der Waals surface area contributed by atoms with Crippen LogP contribution in [0.3, 0.4) is 0 Å². The molecule has 1 aliphatic rings. The van der Waals surface area contributed by atoms with Gasteiger partial charge in [0.05, 0.1) is 16.7 Å². The zero-order chi connectivity index (χ0) is 27.2. The second kappa shape index (κ2) is 10.0. The Hall–Kier alpha value is -2.46. The Morgan fingerprint density at radius 3 is 2.43 bits per heavy atom. The van der Waals surface area contributed by atoms with Crippen molar-refractivity contribution in [3.05, 3.63) is 64.5 Å². The number of aryl methyl sites for hydroxylation is 2. The van der Waals surface area contributed by atoms with E-state index in [0.29, 0.717) is 58.9 Å². The number of nitrogens with one attached hydrogen (secondary N) is 2. The lowest BCUT2D eigenvalue weighted by Gasteiger charge is -2.53. The monoisotopic (exact) mass is 536 g/mol. The zero-order valence-electron chi connectivity index (χ0n) is 21.2. The van der Waals surface area contributed by atoms with Crippen molar-refractivity contribution >= 4 is 28.3 Å². The van der Waals surface area contributed by atoms with Crippen molar-refractivity contribution in [3.63, 3.8) is 0 Å². The van der Waals surface area contributed by atoms with Crippen LogP contribution in [-0.4, -0.2) is 38.8 Å². The van der Waals surface area contributed by atoms with Gasteiger partial charge in [-0.05, 0) is 75.4 Å². The van der Waals surface area contributed by atoms with Gasteiger partial charge in [-0.25, -0.2) is 9.97 Å². The summed E-state index contributed by atoms with van der Waals surface area (Å²) >= 11 is 6.25. The molecule has 37 heavy (non-hydrogen) atoms. The number of aliphatic hydroxyl groups is 2. The second-order valence-electron chi connectivity index (χ2n) is 10.4. The Balaban J connectivity index is 1.67. The molecule has 1 heterocycles. The molecule has 0 aliphatic heterocycles. The number of hydrogen-bond acceptors (Lipinski definition) is 6. The highest BCUT2D eigenvalue weighted by Crippen LogP contribution is 2.55. The summed E-state index contributed by atoms with van der Waals surface area (Å²) in [6.07, 6.45) is -4.26. The Labute approximate surface area is 219 Å². The van der Waals surface area contributed by atoms with Crippen molar-refractivity contribution in [2.45, 2.75) is 64.6 Å². The van der Waals surface area contributed by atoms with Crippen LogP contribution in [0.25, 0.3) is 10.9 Å². The van der Waals surface area contributed by atoms with E-state index in [0.717, 1.165) is 17.7 Å². The molecule has 1 aliphatic carbocycles. The topological polar surface area (TPSA) is 90.3 Å². The summed E-state index contributed by atoms with van der Waals surface area (Å²) in [4.78, 5) is 9.14. The molecule has 4 rings (SSSR count). The van der Waals surface area contributed by atoms with Gasteiger partial charge in [0, 0.05) is 29.3 Å². The number of halogens is 4. The molecule has 10 heteroatoms. The molecule has 6 nitrogen and oxygen atoms in total. The molecular weight excluding hydrogens is 505 g/mol. The molecule has 200 valence electrons. The second-order valence-corrected chi connectivity index (χ2v) is 10.6. The van der Waals surface area contributed by atoms with E-state index in [9.17, 15) is 23.4 Å². The maximum absolute atomic E-state index is 13.2. The first-order valence-electron chi connectivity index (χ1n) is 12.2. The van der Waals surface area contributed by atoms with Crippen LogP contribution in [0.15, 0.2) is 36.4 Å². The predicted molar refractivity (Wildman–Crippen MR) is 138 cm³/mol. The van der Waals surface area contributed by atoms with Crippen molar-refractivity contribution < 1.29 is 23.4 Å². The first-order valence-corrected chi connectivity index (χ1v) is 12.7. The fourth-order valence-corrected chi connectivity index (χ4v) is 5.48. The smallest absolute Gasteiger partial charge is 0.385 e. The molecular formula is C27H32ClF3N4O2. The van der Waals surface area contributed by atoms with Crippen LogP contribution in [-0.2, 0) is 11.8 Å². The summed E-state index contributed by atoms with van der Waals surface area (Å²) in [5, 5.41) is 28.0. The van der Waals surface area contributed by atoms with Gasteiger partial charge in [-0.2, -0.15) is 13.2 Å². The summed E-state index contributed by atoms with van der Waals surface area (Å²) in [6.45, 7) is 7.56. The summed E-state index contributed by atoms with van der Waals surface area (Å²) in [5.74, 6) is 1.35. The van der Waals surface area contributed by atoms with E-state index in [1.807, 2.05) is 19.1 Å². The van der Waals surface area contributed by atoms with Crippen molar-refractivity contribution in [1.82, 2.24) is 15.3 Å². The van der Waals surface area contributed by atoms with Gasteiger partial charge in [0.2, 0.25) is 0 Å². The molecule has 0 saturated heterocycles. The number of benzene rings is 2. The van der Waals surface area contributed by atoms with Crippen molar-refractivity contribution in [3.8, 4) is 0 Å². The number of nitrogens with zero attached hydrogens (tertiary/aromatic N) is 2. The zero-order valence-corrected chi connectivity index (χ0v) is 22.0. The third-order valence-corrected chi connectivity index (χ3v) is 7.67. The quantitative estimate of drug-likeness (QED) is 0.222. The average Bonchev–Trinajstić information content (AvgIpc) is 2.81. The number of fused-ring (bicyclic) bond motifs is 1. The Morgan fingerprint density at radius 2 is 1.81 bits per heavy atom. The summed E-state index contributed by atoms with van der Waals surface area (Å²) in [5.41, 5.74) is 0.575. The average molecular weight is 537 g/mol. The highest BCUT2D eigenvalue weighted by Gasteiger charge is 2.54. The first-order chi connectivity index (χ1) is 17.2. The van der Waals surface area contributed by atoms with E-state index in [4.69, 9.17) is 11.6 Å². The maximum Gasteiger partial charge on any atom is 0.416 e. The molecule has 0 radical (unpaired) electrons. The molecule has 0 amide bonds. The third kappa shape index (κ3) is 5.70. The van der Waals surface area contributed by atoms with Crippen LogP contribution in [0.1, 0.15) is 60.8 Å². The molecule has 3 aromatic rings. The van der Waals surface area contributed by atoms with Crippen LogP contribution < -0.4 is 10.6 Å². The minimum Gasteiger partial charge on any atom is -0.385 e. The van der Waals surface area contributed by atoms with Crippen LogP contribution in [0, 0.1) is 19.3 Å². The lowest BCUT2D eigenvalue weighted by Crippen LogP contribution is -2.56. The third-order valence-electron chi connectivity index (χ3n) is 7.10. The predicted octanol–water partition coefficient (Wildman–Crippen LogP) is 5.57. The lowest BCUT2D eigenvalue weighted by molar-refractivity contribution is -0.137. The van der Waals surface area contributed by atoms with Gasteiger partial charge >= 0.3 is 6.18 Å². The molecule has 1 aromatic heterocycles.